The molecule has 6 nitrogen and oxygen atoms in total. The van der Waals surface area contributed by atoms with E-state index in [1.807, 2.05) is 6.26 Å². The van der Waals surface area contributed by atoms with Gasteiger partial charge in [0.2, 0.25) is 0 Å². The van der Waals surface area contributed by atoms with Crippen LogP contribution >= 0.6 is 11.8 Å². The summed E-state index contributed by atoms with van der Waals surface area (Å²) in [6.07, 6.45) is 2.16. The summed E-state index contributed by atoms with van der Waals surface area (Å²) in [5, 5.41) is 11.5. The van der Waals surface area contributed by atoms with Crippen molar-refractivity contribution in [3.8, 4) is 0 Å². The maximum Gasteiger partial charge on any atom is 0.338 e. The molecule has 0 bridgehead atoms. The number of aliphatic carboxylic acids is 1. The van der Waals surface area contributed by atoms with Gasteiger partial charge in [0.25, 0.3) is 5.91 Å². The van der Waals surface area contributed by atoms with Gasteiger partial charge in [-0.25, -0.2) is 9.59 Å². The van der Waals surface area contributed by atoms with E-state index in [4.69, 9.17) is 5.11 Å². The molecule has 1 amide bonds. The number of thioether (sulfide) groups is 1. The smallest absolute Gasteiger partial charge is 0.338 e. The van der Waals surface area contributed by atoms with E-state index in [0.29, 0.717) is 12.2 Å². The van der Waals surface area contributed by atoms with Crippen LogP contribution in [0, 0.1) is 0 Å². The SMILES string of the molecule is COC(=O)c1ccccc1C(=O)NC(CCSC)C(=O)O. The zero-order valence-electron chi connectivity index (χ0n) is 11.8. The number of nitrogens with one attached hydrogen (secondary N) is 1. The Balaban J connectivity index is 2.92. The molecule has 2 N–H and O–H groups in total. The molecule has 7 heteroatoms. The summed E-state index contributed by atoms with van der Waals surface area (Å²) in [5.41, 5.74) is 0.200. The molecule has 1 aromatic carbocycles. The molecule has 0 spiro atoms. The number of methoxy groups -OCH3 is 1. The van der Waals surface area contributed by atoms with Gasteiger partial charge in [-0.2, -0.15) is 11.8 Å². The van der Waals surface area contributed by atoms with Gasteiger partial charge in [0, 0.05) is 0 Å². The van der Waals surface area contributed by atoms with Crippen LogP contribution in [0.2, 0.25) is 0 Å². The fourth-order valence-electron chi connectivity index (χ4n) is 1.70. The molecule has 0 fully saturated rings. The Labute approximate surface area is 126 Å². The Hall–Kier alpha value is -2.02. The lowest BCUT2D eigenvalue weighted by atomic mass is 10.1. The zero-order valence-corrected chi connectivity index (χ0v) is 12.6. The lowest BCUT2D eigenvalue weighted by Gasteiger charge is -2.15. The minimum absolute atomic E-state index is 0.0970. The third kappa shape index (κ3) is 4.78. The van der Waals surface area contributed by atoms with Crippen molar-refractivity contribution < 1.29 is 24.2 Å². The van der Waals surface area contributed by atoms with E-state index < -0.39 is 23.9 Å². The minimum atomic E-state index is -1.10. The molecule has 0 heterocycles. The summed E-state index contributed by atoms with van der Waals surface area (Å²) < 4.78 is 4.61. The van der Waals surface area contributed by atoms with Crippen LogP contribution in [-0.4, -0.2) is 48.1 Å². The van der Waals surface area contributed by atoms with Crippen molar-refractivity contribution in [3.63, 3.8) is 0 Å². The molecule has 0 saturated heterocycles. The van der Waals surface area contributed by atoms with E-state index >= 15 is 0 Å². The Bertz CT molecular complexity index is 532. The summed E-state index contributed by atoms with van der Waals surface area (Å²) in [6, 6.07) is 5.12. The standard InChI is InChI=1S/C14H17NO5S/c1-20-14(19)10-6-4-3-5-9(10)12(16)15-11(13(17)18)7-8-21-2/h3-6,11H,7-8H2,1-2H3,(H,15,16)(H,17,18). The van der Waals surface area contributed by atoms with Crippen LogP contribution in [0.15, 0.2) is 24.3 Å². The molecule has 21 heavy (non-hydrogen) atoms. The second kappa shape index (κ2) is 8.31. The number of carboxylic acids is 1. The first-order chi connectivity index (χ1) is 10.0. The predicted octanol–water partition coefficient (Wildman–Crippen LogP) is 1.41. The van der Waals surface area contributed by atoms with Crippen LogP contribution in [0.4, 0.5) is 0 Å². The van der Waals surface area contributed by atoms with E-state index in [2.05, 4.69) is 10.1 Å². The fourth-order valence-corrected chi connectivity index (χ4v) is 2.17. The Kier molecular flexibility index (Phi) is 6.74. The predicted molar refractivity (Wildman–Crippen MR) is 79.7 cm³/mol. The van der Waals surface area contributed by atoms with Crippen molar-refractivity contribution in [2.45, 2.75) is 12.5 Å². The number of carbonyl (C=O) groups excluding carboxylic acids is 2. The first-order valence-electron chi connectivity index (χ1n) is 6.21. The van der Waals surface area contributed by atoms with Crippen molar-refractivity contribution in [3.05, 3.63) is 35.4 Å². The number of ether oxygens (including phenoxy) is 1. The number of benzene rings is 1. The number of hydrogen-bond acceptors (Lipinski definition) is 5. The molecule has 1 aromatic rings. The summed E-state index contributed by atoms with van der Waals surface area (Å²) >= 11 is 1.49. The molecule has 0 aliphatic rings. The number of hydrogen-bond donors (Lipinski definition) is 2. The largest absolute Gasteiger partial charge is 0.480 e. The van der Waals surface area contributed by atoms with Gasteiger partial charge in [-0.15, -0.1) is 0 Å². The number of esters is 1. The normalized spacial score (nSPS) is 11.5. The van der Waals surface area contributed by atoms with Crippen molar-refractivity contribution in [2.75, 3.05) is 19.1 Å². The molecule has 0 aliphatic heterocycles. The van der Waals surface area contributed by atoms with Crippen LogP contribution < -0.4 is 5.32 Å². The van der Waals surface area contributed by atoms with E-state index in [1.54, 1.807) is 12.1 Å². The molecule has 0 aromatic heterocycles. The van der Waals surface area contributed by atoms with Crippen LogP contribution in [0.1, 0.15) is 27.1 Å². The van der Waals surface area contributed by atoms with Gasteiger partial charge in [-0.3, -0.25) is 4.79 Å². The number of rotatable bonds is 7. The van der Waals surface area contributed by atoms with Crippen LogP contribution in [0.5, 0.6) is 0 Å². The first kappa shape index (κ1) is 17.0. The van der Waals surface area contributed by atoms with Gasteiger partial charge >= 0.3 is 11.9 Å². The highest BCUT2D eigenvalue weighted by Gasteiger charge is 2.23. The molecular formula is C14H17NO5S. The first-order valence-corrected chi connectivity index (χ1v) is 7.60. The Morgan fingerprint density at radius 1 is 1.29 bits per heavy atom. The Morgan fingerprint density at radius 3 is 2.43 bits per heavy atom. The van der Waals surface area contributed by atoms with E-state index in [0.717, 1.165) is 0 Å². The molecule has 1 atom stereocenters. The second-order valence-electron chi connectivity index (χ2n) is 4.18. The van der Waals surface area contributed by atoms with Crippen LogP contribution in [0.25, 0.3) is 0 Å². The molecule has 1 rings (SSSR count). The van der Waals surface area contributed by atoms with Gasteiger partial charge in [-0.1, -0.05) is 12.1 Å². The maximum atomic E-state index is 12.2. The van der Waals surface area contributed by atoms with Crippen molar-refractivity contribution in [2.24, 2.45) is 0 Å². The number of amides is 1. The molecular weight excluding hydrogens is 294 g/mol. The highest BCUT2D eigenvalue weighted by molar-refractivity contribution is 7.98. The lowest BCUT2D eigenvalue weighted by molar-refractivity contribution is -0.139. The summed E-state index contributed by atoms with van der Waals surface area (Å²) in [6.45, 7) is 0. The van der Waals surface area contributed by atoms with E-state index in [-0.39, 0.29) is 11.1 Å². The van der Waals surface area contributed by atoms with Crippen LogP contribution in [-0.2, 0) is 9.53 Å². The highest BCUT2D eigenvalue weighted by atomic mass is 32.2. The van der Waals surface area contributed by atoms with E-state index in [1.165, 1.54) is 31.0 Å². The monoisotopic (exact) mass is 311 g/mol. The van der Waals surface area contributed by atoms with Gasteiger partial charge in [0.05, 0.1) is 18.2 Å². The van der Waals surface area contributed by atoms with Gasteiger partial charge in [0.15, 0.2) is 0 Å². The quantitative estimate of drug-likeness (QED) is 0.740. The third-order valence-corrected chi connectivity index (χ3v) is 3.44. The van der Waals surface area contributed by atoms with Gasteiger partial charge < -0.3 is 15.2 Å². The van der Waals surface area contributed by atoms with Gasteiger partial charge in [0.1, 0.15) is 6.04 Å². The molecule has 0 aliphatic carbocycles. The minimum Gasteiger partial charge on any atom is -0.480 e. The average Bonchev–Trinajstić information content (AvgIpc) is 2.50. The van der Waals surface area contributed by atoms with Crippen molar-refractivity contribution in [1.29, 1.82) is 0 Å². The number of carbonyl (C=O) groups is 3. The molecule has 0 saturated carbocycles. The summed E-state index contributed by atoms with van der Waals surface area (Å²) in [4.78, 5) is 34.9. The van der Waals surface area contributed by atoms with E-state index in [9.17, 15) is 14.4 Å². The fraction of sp³-hybridized carbons (Fsp3) is 0.357. The van der Waals surface area contributed by atoms with Gasteiger partial charge in [-0.05, 0) is 30.6 Å². The van der Waals surface area contributed by atoms with Crippen molar-refractivity contribution >= 4 is 29.6 Å². The molecule has 1 unspecified atom stereocenters. The maximum absolute atomic E-state index is 12.2. The molecule has 114 valence electrons. The topological polar surface area (TPSA) is 92.7 Å². The lowest BCUT2D eigenvalue weighted by Crippen LogP contribution is -2.41. The second-order valence-corrected chi connectivity index (χ2v) is 5.17. The summed E-state index contributed by atoms with van der Waals surface area (Å²) in [7, 11) is 1.22. The highest BCUT2D eigenvalue weighted by Crippen LogP contribution is 2.11. The van der Waals surface area contributed by atoms with Crippen molar-refractivity contribution in [1.82, 2.24) is 5.32 Å². The number of carboxylic acid groups (broad SMARTS) is 1. The third-order valence-electron chi connectivity index (χ3n) is 2.79. The average molecular weight is 311 g/mol. The summed E-state index contributed by atoms with van der Waals surface area (Å²) in [5.74, 6) is -1.75. The zero-order chi connectivity index (χ0) is 15.8. The Morgan fingerprint density at radius 2 is 1.90 bits per heavy atom. The van der Waals surface area contributed by atoms with Crippen LogP contribution in [0.3, 0.4) is 0 Å². The molecule has 0 radical (unpaired) electrons.